The third-order valence-electron chi connectivity index (χ3n) is 9.52. The fourth-order valence-corrected chi connectivity index (χ4v) is 7.15. The molecule has 0 spiro atoms. The van der Waals surface area contributed by atoms with Crippen LogP contribution >= 0.6 is 0 Å². The monoisotopic (exact) mass is 394 g/mol. The lowest BCUT2D eigenvalue weighted by molar-refractivity contribution is 0.141. The minimum absolute atomic E-state index is 0.277. The number of hydrogen-bond acceptors (Lipinski definition) is 1. The zero-order chi connectivity index (χ0) is 20.8. The number of allylic oxidation sites excluding steroid dienone is 8. The Labute approximate surface area is 179 Å². The summed E-state index contributed by atoms with van der Waals surface area (Å²) in [7, 11) is 0. The van der Waals surface area contributed by atoms with E-state index in [4.69, 9.17) is 0 Å². The van der Waals surface area contributed by atoms with Crippen molar-refractivity contribution in [3.63, 3.8) is 0 Å². The summed E-state index contributed by atoms with van der Waals surface area (Å²) < 4.78 is 0. The molecule has 4 aliphatic rings. The number of aliphatic hydroxyl groups excluding tert-OH is 1. The van der Waals surface area contributed by atoms with Gasteiger partial charge in [-0.25, -0.2) is 0 Å². The van der Waals surface area contributed by atoms with Gasteiger partial charge < -0.3 is 5.11 Å². The highest BCUT2D eigenvalue weighted by atomic mass is 16.3. The summed E-state index contributed by atoms with van der Waals surface area (Å²) in [4.78, 5) is 0. The molecule has 29 heavy (non-hydrogen) atoms. The van der Waals surface area contributed by atoms with Crippen molar-refractivity contribution in [3.8, 4) is 0 Å². The zero-order valence-corrected chi connectivity index (χ0v) is 19.4. The lowest BCUT2D eigenvalue weighted by atomic mass is 9.54. The lowest BCUT2D eigenvalue weighted by Crippen LogP contribution is -2.39. The number of rotatable bonds is 5. The van der Waals surface area contributed by atoms with Crippen LogP contribution < -0.4 is 0 Å². The Morgan fingerprint density at radius 2 is 1.90 bits per heavy atom. The maximum Gasteiger partial charge on any atom is 0.0462 e. The Balaban J connectivity index is 1.58. The Kier molecular flexibility index (Phi) is 5.75. The van der Waals surface area contributed by atoms with E-state index in [1.54, 1.807) is 16.7 Å². The second kappa shape index (κ2) is 7.88. The summed E-state index contributed by atoms with van der Waals surface area (Å²) >= 11 is 0. The molecule has 4 rings (SSSR count). The standard InChI is InChI=1S/C28H42O/c1-19(21(3)18-29)9-10-20(2)24-13-14-25-23-12-11-22-8-6-7-16-27(22,4)26(23)15-17-28(24,25)5/h9-12,15,19-21,24-25,29H,6-8,13-14,16-18H2,1-5H3/t19-,20+,21?,24+,25-,27-,28+/m0/s1. The van der Waals surface area contributed by atoms with Crippen LogP contribution in [0.25, 0.3) is 0 Å². The first-order valence-corrected chi connectivity index (χ1v) is 12.2. The maximum atomic E-state index is 9.44. The molecule has 4 aliphatic carbocycles. The van der Waals surface area contributed by atoms with Crippen molar-refractivity contribution in [1.82, 2.24) is 0 Å². The molecule has 0 aliphatic heterocycles. The molecule has 0 aromatic carbocycles. The Hall–Kier alpha value is -1.08. The average molecular weight is 395 g/mol. The normalized spacial score (nSPS) is 39.6. The topological polar surface area (TPSA) is 20.2 Å². The Morgan fingerprint density at radius 3 is 2.66 bits per heavy atom. The summed E-state index contributed by atoms with van der Waals surface area (Å²) in [6.45, 7) is 12.2. The van der Waals surface area contributed by atoms with Crippen molar-refractivity contribution in [2.75, 3.05) is 6.61 Å². The first-order chi connectivity index (χ1) is 13.8. The summed E-state index contributed by atoms with van der Waals surface area (Å²) in [5.41, 5.74) is 5.80. The van der Waals surface area contributed by atoms with Gasteiger partial charge in [-0.15, -0.1) is 0 Å². The molecule has 0 radical (unpaired) electrons. The van der Waals surface area contributed by atoms with Gasteiger partial charge in [-0.1, -0.05) is 77.0 Å². The van der Waals surface area contributed by atoms with Crippen LogP contribution in [0.5, 0.6) is 0 Å². The van der Waals surface area contributed by atoms with E-state index in [2.05, 4.69) is 65.0 Å². The van der Waals surface area contributed by atoms with Crippen LogP contribution in [0.1, 0.15) is 79.6 Å². The fourth-order valence-electron chi connectivity index (χ4n) is 7.15. The van der Waals surface area contributed by atoms with Crippen LogP contribution in [0.2, 0.25) is 0 Å². The molecule has 0 aromatic rings. The van der Waals surface area contributed by atoms with Crippen LogP contribution in [0, 0.1) is 40.4 Å². The van der Waals surface area contributed by atoms with Gasteiger partial charge >= 0.3 is 0 Å². The van der Waals surface area contributed by atoms with Crippen LogP contribution in [0.3, 0.4) is 0 Å². The highest BCUT2D eigenvalue weighted by Crippen LogP contribution is 2.63. The second-order valence-corrected chi connectivity index (χ2v) is 11.2. The van der Waals surface area contributed by atoms with Gasteiger partial charge in [0.1, 0.15) is 0 Å². The lowest BCUT2D eigenvalue weighted by Gasteiger charge is -2.50. The number of hydrogen-bond donors (Lipinski definition) is 1. The summed E-state index contributed by atoms with van der Waals surface area (Å²) in [5.74, 6) is 2.88. The second-order valence-electron chi connectivity index (χ2n) is 11.2. The molecule has 0 heterocycles. The maximum absolute atomic E-state index is 9.44. The molecule has 160 valence electrons. The van der Waals surface area contributed by atoms with E-state index in [0.29, 0.717) is 28.6 Å². The van der Waals surface area contributed by atoms with Gasteiger partial charge in [0.05, 0.1) is 0 Å². The fraction of sp³-hybridized carbons (Fsp3) is 0.714. The van der Waals surface area contributed by atoms with E-state index in [1.807, 2.05) is 0 Å². The van der Waals surface area contributed by atoms with Crippen LogP contribution in [0.15, 0.2) is 47.1 Å². The molecule has 0 saturated heterocycles. The van der Waals surface area contributed by atoms with Crippen LogP contribution in [-0.4, -0.2) is 11.7 Å². The summed E-state index contributed by atoms with van der Waals surface area (Å²) in [6.07, 6.45) is 21.9. The van der Waals surface area contributed by atoms with Gasteiger partial charge in [0.25, 0.3) is 0 Å². The van der Waals surface area contributed by atoms with Gasteiger partial charge in [-0.05, 0) is 84.7 Å². The van der Waals surface area contributed by atoms with Crippen molar-refractivity contribution in [2.24, 2.45) is 40.4 Å². The largest absolute Gasteiger partial charge is 0.396 e. The van der Waals surface area contributed by atoms with Gasteiger partial charge in [-0.2, -0.15) is 0 Å². The molecule has 0 amide bonds. The van der Waals surface area contributed by atoms with Gasteiger partial charge in [0, 0.05) is 12.0 Å². The minimum atomic E-state index is 0.277. The third-order valence-corrected chi connectivity index (χ3v) is 9.52. The molecule has 0 aromatic heterocycles. The van der Waals surface area contributed by atoms with Gasteiger partial charge in [0.2, 0.25) is 0 Å². The first-order valence-electron chi connectivity index (χ1n) is 12.2. The molecule has 0 bridgehead atoms. The molecule has 1 unspecified atom stereocenters. The van der Waals surface area contributed by atoms with Crippen molar-refractivity contribution in [1.29, 1.82) is 0 Å². The van der Waals surface area contributed by atoms with Crippen molar-refractivity contribution in [2.45, 2.75) is 79.6 Å². The van der Waals surface area contributed by atoms with Crippen molar-refractivity contribution >= 4 is 0 Å². The molecule has 2 fully saturated rings. The highest BCUT2D eigenvalue weighted by Gasteiger charge is 2.53. The first kappa shape index (κ1) is 21.2. The number of aliphatic hydroxyl groups is 1. The molecule has 2 saturated carbocycles. The third kappa shape index (κ3) is 3.42. The predicted octanol–water partition coefficient (Wildman–Crippen LogP) is 7.25. The van der Waals surface area contributed by atoms with E-state index in [1.165, 1.54) is 44.9 Å². The van der Waals surface area contributed by atoms with E-state index in [0.717, 1.165) is 11.8 Å². The minimum Gasteiger partial charge on any atom is -0.396 e. The molecule has 7 atom stereocenters. The molecule has 1 nitrogen and oxygen atoms in total. The zero-order valence-electron chi connectivity index (χ0n) is 19.4. The van der Waals surface area contributed by atoms with E-state index in [9.17, 15) is 5.11 Å². The van der Waals surface area contributed by atoms with Crippen molar-refractivity contribution < 1.29 is 5.11 Å². The van der Waals surface area contributed by atoms with Crippen molar-refractivity contribution in [3.05, 3.63) is 47.1 Å². The molecular formula is C28H42O. The predicted molar refractivity (Wildman–Crippen MR) is 123 cm³/mol. The molecule has 1 heteroatoms. The van der Waals surface area contributed by atoms with Crippen LogP contribution in [0.4, 0.5) is 0 Å². The number of fused-ring (bicyclic) bond motifs is 5. The van der Waals surface area contributed by atoms with E-state index < -0.39 is 0 Å². The summed E-state index contributed by atoms with van der Waals surface area (Å²) in [5, 5.41) is 9.44. The molecule has 1 N–H and O–H groups in total. The van der Waals surface area contributed by atoms with E-state index in [-0.39, 0.29) is 6.61 Å². The van der Waals surface area contributed by atoms with Gasteiger partial charge in [-0.3, -0.25) is 0 Å². The highest BCUT2D eigenvalue weighted by molar-refractivity contribution is 5.53. The quantitative estimate of drug-likeness (QED) is 0.487. The van der Waals surface area contributed by atoms with Crippen LogP contribution in [-0.2, 0) is 0 Å². The Morgan fingerprint density at radius 1 is 1.10 bits per heavy atom. The average Bonchev–Trinajstić information content (AvgIpc) is 3.08. The van der Waals surface area contributed by atoms with Gasteiger partial charge in [0.15, 0.2) is 0 Å². The SMILES string of the molecule is CC(CO)[C@@H](C)C=C[C@@H](C)[C@H]1CC[C@H]2C3=CC=C4CCCC[C@]4(C)C3=CC[C@]12C. The smallest absolute Gasteiger partial charge is 0.0462 e. The Bertz CT molecular complexity index is 752. The molecular weight excluding hydrogens is 352 g/mol. The van der Waals surface area contributed by atoms with E-state index >= 15 is 0 Å². The summed E-state index contributed by atoms with van der Waals surface area (Å²) in [6, 6.07) is 0.